The van der Waals surface area contributed by atoms with Crippen LogP contribution in [0.2, 0.25) is 5.02 Å². The summed E-state index contributed by atoms with van der Waals surface area (Å²) in [6.45, 7) is 3.92. The van der Waals surface area contributed by atoms with Crippen molar-refractivity contribution in [2.75, 3.05) is 0 Å². The number of hydrogen-bond donors (Lipinski definition) is 1. The molecular weight excluding hydrogens is 269 g/mol. The van der Waals surface area contributed by atoms with Gasteiger partial charge >= 0.3 is 0 Å². The van der Waals surface area contributed by atoms with Crippen LogP contribution in [0.4, 0.5) is 4.39 Å². The fraction of sp³-hybridized carbons (Fsp3) is 0.385. The largest absolute Gasteiger partial charge is 0.338 e. The highest BCUT2D eigenvalue weighted by molar-refractivity contribution is 6.31. The molecule has 1 atom stereocenters. The van der Waals surface area contributed by atoms with Crippen LogP contribution in [0.15, 0.2) is 22.7 Å². The Labute approximate surface area is 115 Å². The monoisotopic (exact) mass is 283 g/mol. The predicted octanol–water partition coefficient (Wildman–Crippen LogP) is 3.11. The molecule has 0 aliphatic heterocycles. The van der Waals surface area contributed by atoms with Crippen LogP contribution in [0.25, 0.3) is 0 Å². The summed E-state index contributed by atoms with van der Waals surface area (Å²) in [5.74, 6) is 0.535. The maximum Gasteiger partial charge on any atom is 0.243 e. The second-order valence-electron chi connectivity index (χ2n) is 4.70. The van der Waals surface area contributed by atoms with E-state index in [0.717, 1.165) is 0 Å². The number of benzene rings is 1. The Bertz CT molecular complexity index is 551. The van der Waals surface area contributed by atoms with Gasteiger partial charge in [-0.15, -0.1) is 0 Å². The molecule has 0 saturated carbocycles. The molecule has 0 spiro atoms. The average Bonchev–Trinajstić information content (AvgIpc) is 2.81. The number of nitrogens with two attached hydrogens (primary N) is 1. The maximum absolute atomic E-state index is 13.6. The van der Waals surface area contributed by atoms with E-state index in [0.29, 0.717) is 22.3 Å². The second-order valence-corrected chi connectivity index (χ2v) is 5.10. The Balaban J connectivity index is 2.21. The third-order valence-electron chi connectivity index (χ3n) is 2.88. The van der Waals surface area contributed by atoms with Crippen LogP contribution in [0.1, 0.15) is 37.2 Å². The Morgan fingerprint density at radius 1 is 1.42 bits per heavy atom. The molecule has 2 aromatic rings. The first-order valence-electron chi connectivity index (χ1n) is 6.00. The van der Waals surface area contributed by atoms with E-state index in [1.165, 1.54) is 6.07 Å². The Kier molecular flexibility index (Phi) is 4.17. The molecule has 0 aliphatic carbocycles. The van der Waals surface area contributed by atoms with Gasteiger partial charge in [-0.3, -0.25) is 0 Å². The lowest BCUT2D eigenvalue weighted by Gasteiger charge is -2.09. The molecule has 0 aliphatic rings. The average molecular weight is 284 g/mol. The van der Waals surface area contributed by atoms with Crippen molar-refractivity contribution in [1.29, 1.82) is 0 Å². The number of nitrogens with zero attached hydrogens (tertiary/aromatic N) is 2. The molecule has 19 heavy (non-hydrogen) atoms. The van der Waals surface area contributed by atoms with Crippen LogP contribution in [0.3, 0.4) is 0 Å². The van der Waals surface area contributed by atoms with Crippen molar-refractivity contribution in [3.05, 3.63) is 46.3 Å². The minimum Gasteiger partial charge on any atom is -0.338 e. The van der Waals surface area contributed by atoms with E-state index in [-0.39, 0.29) is 24.2 Å². The summed E-state index contributed by atoms with van der Waals surface area (Å²) in [6.07, 6.45) is 0.180. The highest BCUT2D eigenvalue weighted by Crippen LogP contribution is 2.22. The summed E-state index contributed by atoms with van der Waals surface area (Å²) >= 11 is 5.95. The van der Waals surface area contributed by atoms with Gasteiger partial charge in [-0.1, -0.05) is 36.7 Å². The highest BCUT2D eigenvalue weighted by atomic mass is 35.5. The van der Waals surface area contributed by atoms with Gasteiger partial charge in [-0.05, 0) is 18.1 Å². The predicted molar refractivity (Wildman–Crippen MR) is 70.3 cm³/mol. The SMILES string of the molecule is CC(C)C(N)c1nc(Cc2c(F)cccc2Cl)no1. The number of halogens is 2. The first-order valence-corrected chi connectivity index (χ1v) is 6.37. The van der Waals surface area contributed by atoms with Gasteiger partial charge in [-0.2, -0.15) is 4.98 Å². The molecule has 0 radical (unpaired) electrons. The van der Waals surface area contributed by atoms with Crippen molar-refractivity contribution >= 4 is 11.6 Å². The molecule has 1 heterocycles. The van der Waals surface area contributed by atoms with Crippen LogP contribution in [0, 0.1) is 11.7 Å². The molecule has 6 heteroatoms. The van der Waals surface area contributed by atoms with Crippen molar-refractivity contribution in [1.82, 2.24) is 10.1 Å². The quantitative estimate of drug-likeness (QED) is 0.936. The van der Waals surface area contributed by atoms with Crippen molar-refractivity contribution in [2.45, 2.75) is 26.3 Å². The summed E-state index contributed by atoms with van der Waals surface area (Å²) in [7, 11) is 0. The standard InChI is InChI=1S/C13H15ClFN3O/c1-7(2)12(16)13-17-11(18-19-13)6-8-9(14)4-3-5-10(8)15/h3-5,7,12H,6,16H2,1-2H3. The molecule has 1 aromatic heterocycles. The van der Waals surface area contributed by atoms with Crippen molar-refractivity contribution in [2.24, 2.45) is 11.7 Å². The number of rotatable bonds is 4. The lowest BCUT2D eigenvalue weighted by Crippen LogP contribution is -2.17. The van der Waals surface area contributed by atoms with Gasteiger partial charge in [0.15, 0.2) is 5.82 Å². The molecule has 0 amide bonds. The second kappa shape index (κ2) is 5.67. The first kappa shape index (κ1) is 14.0. The first-order chi connectivity index (χ1) is 8.99. The van der Waals surface area contributed by atoms with Crippen LogP contribution in [0.5, 0.6) is 0 Å². The topological polar surface area (TPSA) is 64.9 Å². The van der Waals surface area contributed by atoms with E-state index < -0.39 is 0 Å². The van der Waals surface area contributed by atoms with Gasteiger partial charge in [0.05, 0.1) is 6.04 Å². The van der Waals surface area contributed by atoms with E-state index in [4.69, 9.17) is 21.9 Å². The third-order valence-corrected chi connectivity index (χ3v) is 3.24. The number of aromatic nitrogens is 2. The van der Waals surface area contributed by atoms with Crippen molar-refractivity contribution in [3.8, 4) is 0 Å². The van der Waals surface area contributed by atoms with Gasteiger partial charge < -0.3 is 10.3 Å². The summed E-state index contributed by atoms with van der Waals surface area (Å²) in [5, 5.41) is 4.15. The molecule has 4 nitrogen and oxygen atoms in total. The summed E-state index contributed by atoms with van der Waals surface area (Å²) < 4.78 is 18.7. The van der Waals surface area contributed by atoms with E-state index in [2.05, 4.69) is 10.1 Å². The van der Waals surface area contributed by atoms with Crippen LogP contribution >= 0.6 is 11.6 Å². The molecule has 1 unspecified atom stereocenters. The van der Waals surface area contributed by atoms with Gasteiger partial charge in [0, 0.05) is 17.0 Å². The zero-order valence-corrected chi connectivity index (χ0v) is 11.5. The Morgan fingerprint density at radius 2 is 2.16 bits per heavy atom. The molecular formula is C13H15ClFN3O. The van der Waals surface area contributed by atoms with E-state index >= 15 is 0 Å². The fourth-order valence-corrected chi connectivity index (χ4v) is 1.85. The fourth-order valence-electron chi connectivity index (χ4n) is 1.62. The summed E-state index contributed by atoms with van der Waals surface area (Å²) in [6, 6.07) is 4.21. The third kappa shape index (κ3) is 3.11. The summed E-state index contributed by atoms with van der Waals surface area (Å²) in [4.78, 5) is 4.18. The van der Waals surface area contributed by atoms with E-state index in [1.807, 2.05) is 13.8 Å². The zero-order valence-electron chi connectivity index (χ0n) is 10.7. The minimum atomic E-state index is -0.382. The number of hydrogen-bond acceptors (Lipinski definition) is 4. The molecule has 0 fully saturated rings. The molecule has 0 bridgehead atoms. The maximum atomic E-state index is 13.6. The Hall–Kier alpha value is -1.46. The summed E-state index contributed by atoms with van der Waals surface area (Å²) in [5.41, 5.74) is 6.26. The van der Waals surface area contributed by atoms with Crippen LogP contribution in [-0.4, -0.2) is 10.1 Å². The highest BCUT2D eigenvalue weighted by Gasteiger charge is 2.19. The molecule has 2 rings (SSSR count). The van der Waals surface area contributed by atoms with Crippen molar-refractivity contribution in [3.63, 3.8) is 0 Å². The Morgan fingerprint density at radius 3 is 2.79 bits per heavy atom. The van der Waals surface area contributed by atoms with Gasteiger partial charge in [0.2, 0.25) is 5.89 Å². The van der Waals surface area contributed by atoms with Crippen LogP contribution < -0.4 is 5.73 Å². The van der Waals surface area contributed by atoms with Crippen LogP contribution in [-0.2, 0) is 6.42 Å². The molecule has 1 aromatic carbocycles. The van der Waals surface area contributed by atoms with Crippen molar-refractivity contribution < 1.29 is 8.91 Å². The zero-order chi connectivity index (χ0) is 14.0. The van der Waals surface area contributed by atoms with E-state index in [9.17, 15) is 4.39 Å². The normalized spacial score (nSPS) is 12.9. The lowest BCUT2D eigenvalue weighted by molar-refractivity contribution is 0.322. The molecule has 0 saturated heterocycles. The van der Waals surface area contributed by atoms with E-state index in [1.54, 1.807) is 12.1 Å². The van der Waals surface area contributed by atoms with Gasteiger partial charge in [0.1, 0.15) is 5.82 Å². The lowest BCUT2D eigenvalue weighted by atomic mass is 10.1. The smallest absolute Gasteiger partial charge is 0.243 e. The van der Waals surface area contributed by atoms with Gasteiger partial charge in [0.25, 0.3) is 0 Å². The molecule has 2 N–H and O–H groups in total. The molecule has 102 valence electrons. The minimum absolute atomic E-state index is 0.180. The van der Waals surface area contributed by atoms with Gasteiger partial charge in [-0.25, -0.2) is 4.39 Å².